The minimum Gasteiger partial charge on any atom is -0.383 e. The normalized spacial score (nSPS) is 10.2. The fraction of sp³-hybridized carbons (Fsp3) is 0.467. The third kappa shape index (κ3) is 5.53. The van der Waals surface area contributed by atoms with Crippen LogP contribution in [0.3, 0.4) is 0 Å². The molecule has 0 aromatic heterocycles. The summed E-state index contributed by atoms with van der Waals surface area (Å²) in [5.74, 6) is -1.25. The van der Waals surface area contributed by atoms with Gasteiger partial charge in [0.2, 0.25) is 0 Å². The van der Waals surface area contributed by atoms with Gasteiger partial charge in [0, 0.05) is 33.0 Å². The molecule has 0 bridgehead atoms. The molecule has 1 N–H and O–H groups in total. The van der Waals surface area contributed by atoms with Crippen molar-refractivity contribution in [3.63, 3.8) is 0 Å². The molecule has 6 nitrogen and oxygen atoms in total. The highest BCUT2D eigenvalue weighted by Gasteiger charge is 2.21. The van der Waals surface area contributed by atoms with Gasteiger partial charge in [0.15, 0.2) is 0 Å². The predicted octanol–water partition coefficient (Wildman–Crippen LogP) is 1.05. The maximum absolute atomic E-state index is 12.2. The van der Waals surface area contributed by atoms with Gasteiger partial charge in [-0.2, -0.15) is 0 Å². The van der Waals surface area contributed by atoms with Crippen LogP contribution in [0.1, 0.15) is 5.56 Å². The van der Waals surface area contributed by atoms with Gasteiger partial charge in [0.1, 0.15) is 0 Å². The molecule has 0 saturated heterocycles. The molecular weight excluding hydrogens is 272 g/mol. The average Bonchev–Trinajstić information content (AvgIpc) is 2.49. The number of carbonyl (C=O) groups excluding carboxylic acids is 2. The van der Waals surface area contributed by atoms with Crippen LogP contribution in [0.15, 0.2) is 24.3 Å². The van der Waals surface area contributed by atoms with E-state index in [0.717, 1.165) is 5.56 Å². The molecule has 6 heteroatoms. The van der Waals surface area contributed by atoms with Crippen LogP contribution in [-0.2, 0) is 19.1 Å². The van der Waals surface area contributed by atoms with E-state index in [1.165, 1.54) is 4.90 Å². The third-order valence-electron chi connectivity index (χ3n) is 3.01. The summed E-state index contributed by atoms with van der Waals surface area (Å²) in [4.78, 5) is 25.6. The molecule has 0 aliphatic heterocycles. The number of nitrogens with one attached hydrogen (secondary N) is 1. The first kappa shape index (κ1) is 17.1. The van der Waals surface area contributed by atoms with E-state index < -0.39 is 11.8 Å². The molecule has 0 atom stereocenters. The highest BCUT2D eigenvalue weighted by Crippen LogP contribution is 2.13. The fourth-order valence-corrected chi connectivity index (χ4v) is 1.75. The van der Waals surface area contributed by atoms with Crippen LogP contribution in [0.25, 0.3) is 0 Å². The molecule has 0 aliphatic rings. The molecule has 0 unspecified atom stereocenters. The average molecular weight is 294 g/mol. The topological polar surface area (TPSA) is 67.9 Å². The maximum atomic E-state index is 12.2. The van der Waals surface area contributed by atoms with Crippen molar-refractivity contribution in [3.8, 4) is 0 Å². The second-order valence-electron chi connectivity index (χ2n) is 4.55. The SMILES string of the molecule is COCCN(CCOC)C(=O)C(=O)Nc1ccccc1C. The van der Waals surface area contributed by atoms with Crippen LogP contribution in [0.5, 0.6) is 0 Å². The van der Waals surface area contributed by atoms with Crippen molar-refractivity contribution in [3.05, 3.63) is 29.8 Å². The number of aryl methyl sites for hydroxylation is 1. The Balaban J connectivity index is 2.68. The van der Waals surface area contributed by atoms with E-state index >= 15 is 0 Å². The Kier molecular flexibility index (Phi) is 7.42. The molecule has 0 aliphatic carbocycles. The van der Waals surface area contributed by atoms with E-state index in [4.69, 9.17) is 9.47 Å². The minimum absolute atomic E-state index is 0.347. The summed E-state index contributed by atoms with van der Waals surface area (Å²) in [6, 6.07) is 7.31. The van der Waals surface area contributed by atoms with Crippen LogP contribution in [0.4, 0.5) is 5.69 Å². The number of para-hydroxylation sites is 1. The van der Waals surface area contributed by atoms with Gasteiger partial charge in [-0.25, -0.2) is 0 Å². The number of hydrogen-bond acceptors (Lipinski definition) is 4. The first-order valence-corrected chi connectivity index (χ1v) is 6.74. The molecule has 1 rings (SSSR count). The molecule has 0 heterocycles. The number of anilines is 1. The Hall–Kier alpha value is -1.92. The van der Waals surface area contributed by atoms with Gasteiger partial charge in [-0.1, -0.05) is 18.2 Å². The van der Waals surface area contributed by atoms with E-state index in [2.05, 4.69) is 5.32 Å². The van der Waals surface area contributed by atoms with Crippen LogP contribution in [0, 0.1) is 6.92 Å². The minimum atomic E-state index is -0.656. The van der Waals surface area contributed by atoms with Crippen molar-refractivity contribution in [1.82, 2.24) is 4.90 Å². The zero-order valence-corrected chi connectivity index (χ0v) is 12.7. The van der Waals surface area contributed by atoms with Gasteiger partial charge in [-0.05, 0) is 18.6 Å². The monoisotopic (exact) mass is 294 g/mol. The molecule has 1 aromatic rings. The lowest BCUT2D eigenvalue weighted by atomic mass is 10.2. The van der Waals surface area contributed by atoms with Gasteiger partial charge >= 0.3 is 11.8 Å². The lowest BCUT2D eigenvalue weighted by molar-refractivity contribution is -0.144. The van der Waals surface area contributed by atoms with E-state index in [0.29, 0.717) is 32.0 Å². The molecular formula is C15H22N2O4. The van der Waals surface area contributed by atoms with Crippen LogP contribution in [0.2, 0.25) is 0 Å². The van der Waals surface area contributed by atoms with E-state index in [-0.39, 0.29) is 0 Å². The molecule has 21 heavy (non-hydrogen) atoms. The number of ether oxygens (including phenoxy) is 2. The quantitative estimate of drug-likeness (QED) is 0.763. The Morgan fingerprint density at radius 3 is 2.19 bits per heavy atom. The lowest BCUT2D eigenvalue weighted by Crippen LogP contribution is -2.43. The van der Waals surface area contributed by atoms with Crippen molar-refractivity contribution in [2.24, 2.45) is 0 Å². The summed E-state index contributed by atoms with van der Waals surface area (Å²) in [6.07, 6.45) is 0. The van der Waals surface area contributed by atoms with Crippen molar-refractivity contribution >= 4 is 17.5 Å². The maximum Gasteiger partial charge on any atom is 0.313 e. The van der Waals surface area contributed by atoms with Gasteiger partial charge in [0.25, 0.3) is 0 Å². The highest BCUT2D eigenvalue weighted by molar-refractivity contribution is 6.39. The summed E-state index contributed by atoms with van der Waals surface area (Å²) in [6.45, 7) is 3.30. The summed E-state index contributed by atoms with van der Waals surface area (Å²) < 4.78 is 9.91. The van der Waals surface area contributed by atoms with E-state index in [1.54, 1.807) is 26.4 Å². The summed E-state index contributed by atoms with van der Waals surface area (Å²) in [7, 11) is 3.10. The number of rotatable bonds is 7. The number of hydrogen-bond donors (Lipinski definition) is 1. The number of nitrogens with zero attached hydrogens (tertiary/aromatic N) is 1. The third-order valence-corrected chi connectivity index (χ3v) is 3.01. The number of methoxy groups -OCH3 is 2. The first-order valence-electron chi connectivity index (χ1n) is 6.74. The molecule has 1 aromatic carbocycles. The van der Waals surface area contributed by atoms with Crippen molar-refractivity contribution in [1.29, 1.82) is 0 Å². The van der Waals surface area contributed by atoms with Crippen molar-refractivity contribution < 1.29 is 19.1 Å². The highest BCUT2D eigenvalue weighted by atomic mass is 16.5. The van der Waals surface area contributed by atoms with Crippen LogP contribution in [-0.4, -0.2) is 57.2 Å². The summed E-state index contributed by atoms with van der Waals surface area (Å²) in [5.41, 5.74) is 1.54. The molecule has 0 radical (unpaired) electrons. The Labute approximate surface area is 125 Å². The summed E-state index contributed by atoms with van der Waals surface area (Å²) >= 11 is 0. The lowest BCUT2D eigenvalue weighted by Gasteiger charge is -2.21. The largest absolute Gasteiger partial charge is 0.383 e. The predicted molar refractivity (Wildman–Crippen MR) is 80.1 cm³/mol. The van der Waals surface area contributed by atoms with Crippen molar-refractivity contribution in [2.45, 2.75) is 6.92 Å². The Morgan fingerprint density at radius 1 is 1.10 bits per heavy atom. The number of amides is 2. The smallest absolute Gasteiger partial charge is 0.313 e. The molecule has 116 valence electrons. The Morgan fingerprint density at radius 2 is 1.67 bits per heavy atom. The molecule has 0 fully saturated rings. The zero-order chi connectivity index (χ0) is 15.7. The zero-order valence-electron chi connectivity index (χ0n) is 12.7. The molecule has 2 amide bonds. The second kappa shape index (κ2) is 9.10. The van der Waals surface area contributed by atoms with Crippen molar-refractivity contribution in [2.75, 3.05) is 45.8 Å². The number of carbonyl (C=O) groups is 2. The van der Waals surface area contributed by atoms with Crippen LogP contribution < -0.4 is 5.32 Å². The first-order chi connectivity index (χ1) is 10.1. The Bertz CT molecular complexity index is 468. The van der Waals surface area contributed by atoms with Crippen LogP contribution >= 0.6 is 0 Å². The van der Waals surface area contributed by atoms with Gasteiger partial charge in [-0.15, -0.1) is 0 Å². The summed E-state index contributed by atoms with van der Waals surface area (Å²) in [5, 5.41) is 2.63. The number of benzene rings is 1. The van der Waals surface area contributed by atoms with Gasteiger partial charge in [0.05, 0.1) is 13.2 Å². The van der Waals surface area contributed by atoms with E-state index in [1.807, 2.05) is 19.1 Å². The van der Waals surface area contributed by atoms with E-state index in [9.17, 15) is 9.59 Å². The van der Waals surface area contributed by atoms with Gasteiger partial charge in [-0.3, -0.25) is 9.59 Å². The fourth-order valence-electron chi connectivity index (χ4n) is 1.75. The molecule has 0 saturated carbocycles. The second-order valence-corrected chi connectivity index (χ2v) is 4.55. The van der Waals surface area contributed by atoms with Gasteiger partial charge < -0.3 is 19.7 Å². The molecule has 0 spiro atoms. The standard InChI is InChI=1S/C15H22N2O4/c1-12-6-4-5-7-13(12)16-14(18)15(19)17(8-10-20-2)9-11-21-3/h4-7H,8-11H2,1-3H3,(H,16,18).